The van der Waals surface area contributed by atoms with Crippen molar-refractivity contribution in [2.45, 2.75) is 46.1 Å². The van der Waals surface area contributed by atoms with Crippen LogP contribution < -0.4 is 0 Å². The molecular weight excluding hydrogens is 414 g/mol. The molecule has 31 heavy (non-hydrogen) atoms. The van der Waals surface area contributed by atoms with Crippen LogP contribution in [-0.4, -0.2) is 71.4 Å². The molecule has 0 bridgehead atoms. The highest BCUT2D eigenvalue weighted by Gasteiger charge is 2.46. The van der Waals surface area contributed by atoms with Crippen molar-refractivity contribution in [3.63, 3.8) is 0 Å². The van der Waals surface area contributed by atoms with E-state index >= 15 is 0 Å². The third-order valence-corrected chi connectivity index (χ3v) is 7.29. The molecule has 3 amide bonds. The lowest BCUT2D eigenvalue weighted by Crippen LogP contribution is -2.50. The lowest BCUT2D eigenvalue weighted by atomic mass is 9.91. The summed E-state index contributed by atoms with van der Waals surface area (Å²) in [5, 5.41) is 1.94. The molecule has 0 saturated carbocycles. The predicted octanol–water partition coefficient (Wildman–Crippen LogP) is 3.43. The minimum absolute atomic E-state index is 0.177. The zero-order chi connectivity index (χ0) is 22.1. The Labute approximate surface area is 187 Å². The molecule has 1 aromatic heterocycles. The van der Waals surface area contributed by atoms with Crippen molar-refractivity contribution in [2.75, 3.05) is 32.8 Å². The first-order chi connectivity index (χ1) is 14.9. The van der Waals surface area contributed by atoms with Crippen LogP contribution in [0.3, 0.4) is 0 Å². The van der Waals surface area contributed by atoms with Gasteiger partial charge in [0.05, 0.1) is 12.2 Å². The fourth-order valence-corrected chi connectivity index (χ4v) is 5.93. The summed E-state index contributed by atoms with van der Waals surface area (Å²) in [6.07, 6.45) is 1.97. The molecule has 7 nitrogen and oxygen atoms in total. The fourth-order valence-electron chi connectivity index (χ4n) is 5.17. The maximum Gasteiger partial charge on any atom is 0.409 e. The highest BCUT2D eigenvalue weighted by Crippen LogP contribution is 2.38. The normalized spacial score (nSPS) is 25.6. The van der Waals surface area contributed by atoms with E-state index in [1.165, 1.54) is 16.2 Å². The summed E-state index contributed by atoms with van der Waals surface area (Å²) in [4.78, 5) is 45.4. The van der Waals surface area contributed by atoms with Gasteiger partial charge in [-0.1, -0.05) is 19.9 Å². The average molecular weight is 446 g/mol. The summed E-state index contributed by atoms with van der Waals surface area (Å²) in [6.45, 7) is 9.10. The monoisotopic (exact) mass is 445 g/mol. The van der Waals surface area contributed by atoms with E-state index in [4.69, 9.17) is 4.74 Å². The van der Waals surface area contributed by atoms with E-state index in [9.17, 15) is 14.4 Å². The molecule has 0 aromatic carbocycles. The largest absolute Gasteiger partial charge is 0.450 e. The summed E-state index contributed by atoms with van der Waals surface area (Å²) in [5.74, 6) is 0.586. The number of imide groups is 1. The fraction of sp³-hybridized carbons (Fsp3) is 0.609. The number of piperidine rings is 2. The van der Waals surface area contributed by atoms with E-state index in [2.05, 4.69) is 18.7 Å². The molecule has 168 valence electrons. The van der Waals surface area contributed by atoms with Crippen LogP contribution in [0.4, 0.5) is 4.79 Å². The van der Waals surface area contributed by atoms with Gasteiger partial charge in [0, 0.05) is 37.1 Å². The topological polar surface area (TPSA) is 70.2 Å². The van der Waals surface area contributed by atoms with Gasteiger partial charge in [-0.2, -0.15) is 0 Å². The second kappa shape index (κ2) is 9.02. The van der Waals surface area contributed by atoms with Crippen molar-refractivity contribution < 1.29 is 19.1 Å². The Bertz CT molecular complexity index is 863. The molecule has 0 spiro atoms. The summed E-state index contributed by atoms with van der Waals surface area (Å²) in [6, 6.07) is 3.65. The van der Waals surface area contributed by atoms with E-state index in [0.29, 0.717) is 55.6 Å². The van der Waals surface area contributed by atoms with Gasteiger partial charge < -0.3 is 14.5 Å². The number of hydrogen-bond donors (Lipinski definition) is 0. The molecule has 2 atom stereocenters. The zero-order valence-electron chi connectivity index (χ0n) is 18.5. The quantitative estimate of drug-likeness (QED) is 0.664. The molecule has 4 rings (SSSR count). The number of rotatable bonds is 4. The molecule has 4 heterocycles. The van der Waals surface area contributed by atoms with E-state index in [0.717, 1.165) is 24.4 Å². The van der Waals surface area contributed by atoms with Crippen molar-refractivity contribution in [3.05, 3.63) is 28.1 Å². The number of amides is 3. The third-order valence-electron chi connectivity index (χ3n) is 6.40. The van der Waals surface area contributed by atoms with Crippen LogP contribution in [0.1, 0.15) is 44.9 Å². The number of likely N-dealkylation sites (tertiary alicyclic amines) is 2. The van der Waals surface area contributed by atoms with Crippen molar-refractivity contribution >= 4 is 34.8 Å². The van der Waals surface area contributed by atoms with Crippen LogP contribution in [0.5, 0.6) is 0 Å². The van der Waals surface area contributed by atoms with Gasteiger partial charge in [-0.05, 0) is 49.5 Å². The molecule has 0 N–H and O–H groups in total. The lowest BCUT2D eigenvalue weighted by molar-refractivity contribution is -0.141. The zero-order valence-corrected chi connectivity index (χ0v) is 19.3. The first-order valence-corrected chi connectivity index (χ1v) is 12.1. The maximum absolute atomic E-state index is 13.7. The summed E-state index contributed by atoms with van der Waals surface area (Å²) >= 11 is 1.50. The van der Waals surface area contributed by atoms with Crippen LogP contribution in [-0.2, 0) is 14.3 Å². The summed E-state index contributed by atoms with van der Waals surface area (Å²) < 4.78 is 5.09. The molecule has 3 aliphatic heterocycles. The van der Waals surface area contributed by atoms with E-state index in [-0.39, 0.29) is 23.9 Å². The van der Waals surface area contributed by atoms with Crippen LogP contribution in [0.2, 0.25) is 0 Å². The Morgan fingerprint density at radius 2 is 1.81 bits per heavy atom. The molecule has 1 aromatic rings. The van der Waals surface area contributed by atoms with Crippen LogP contribution in [0.15, 0.2) is 23.2 Å². The first kappa shape index (κ1) is 21.9. The number of carbonyl (C=O) groups is 3. The summed E-state index contributed by atoms with van der Waals surface area (Å²) in [5.41, 5.74) is 1.12. The molecule has 8 heteroatoms. The van der Waals surface area contributed by atoms with Crippen molar-refractivity contribution in [1.29, 1.82) is 0 Å². The van der Waals surface area contributed by atoms with E-state index in [1.807, 2.05) is 17.5 Å². The average Bonchev–Trinajstić information content (AvgIpc) is 3.33. The van der Waals surface area contributed by atoms with Crippen molar-refractivity contribution in [3.8, 4) is 0 Å². The minimum atomic E-state index is -0.325. The number of hydrogen-bond acceptors (Lipinski definition) is 6. The van der Waals surface area contributed by atoms with Gasteiger partial charge in [0.2, 0.25) is 0 Å². The second-order valence-electron chi connectivity index (χ2n) is 8.95. The minimum Gasteiger partial charge on any atom is -0.450 e. The highest BCUT2D eigenvalue weighted by atomic mass is 32.1. The maximum atomic E-state index is 13.7. The van der Waals surface area contributed by atoms with Gasteiger partial charge in [0.15, 0.2) is 0 Å². The number of carbonyl (C=O) groups excluding carboxylic acids is 3. The third kappa shape index (κ3) is 4.22. The van der Waals surface area contributed by atoms with Crippen molar-refractivity contribution in [2.24, 2.45) is 11.8 Å². The van der Waals surface area contributed by atoms with Gasteiger partial charge in [-0.25, -0.2) is 4.79 Å². The first-order valence-electron chi connectivity index (χ1n) is 11.2. The molecule has 2 unspecified atom stereocenters. The number of ether oxygens (including phenoxy) is 1. The number of thiophene rings is 1. The van der Waals surface area contributed by atoms with Gasteiger partial charge in [0.25, 0.3) is 11.8 Å². The van der Waals surface area contributed by atoms with E-state index < -0.39 is 0 Å². The Balaban J connectivity index is 1.58. The van der Waals surface area contributed by atoms with Crippen LogP contribution in [0.25, 0.3) is 5.57 Å². The van der Waals surface area contributed by atoms with E-state index in [1.54, 1.807) is 11.8 Å². The molecule has 0 aliphatic carbocycles. The van der Waals surface area contributed by atoms with Gasteiger partial charge in [-0.3, -0.25) is 14.5 Å². The Kier molecular flexibility index (Phi) is 6.36. The summed E-state index contributed by atoms with van der Waals surface area (Å²) in [7, 11) is 0. The lowest BCUT2D eigenvalue weighted by Gasteiger charge is -2.38. The molecule has 0 radical (unpaired) electrons. The van der Waals surface area contributed by atoms with Gasteiger partial charge >= 0.3 is 6.09 Å². The Hall–Kier alpha value is -2.35. The van der Waals surface area contributed by atoms with Crippen LogP contribution in [0, 0.1) is 11.8 Å². The molecular formula is C23H31N3O4S. The Morgan fingerprint density at radius 3 is 2.39 bits per heavy atom. The second-order valence-corrected chi connectivity index (χ2v) is 9.90. The standard InChI is InChI=1S/C23H31N3O4S/c1-4-30-23(29)24-9-7-17(8-10-24)26-21(27)19(18-6-5-11-31-18)20(22(26)28)25-13-15(2)12-16(3)14-25/h5-6,11,15-17H,4,7-10,12-14H2,1-3H3. The molecule has 2 saturated heterocycles. The van der Waals surface area contributed by atoms with Crippen LogP contribution >= 0.6 is 11.3 Å². The van der Waals surface area contributed by atoms with Gasteiger partial charge in [0.1, 0.15) is 5.70 Å². The Morgan fingerprint density at radius 1 is 1.13 bits per heavy atom. The predicted molar refractivity (Wildman–Crippen MR) is 119 cm³/mol. The molecule has 2 fully saturated rings. The smallest absolute Gasteiger partial charge is 0.409 e. The van der Waals surface area contributed by atoms with Crippen molar-refractivity contribution in [1.82, 2.24) is 14.7 Å². The highest BCUT2D eigenvalue weighted by molar-refractivity contribution is 7.11. The molecule has 3 aliphatic rings. The number of nitrogens with zero attached hydrogens (tertiary/aromatic N) is 3. The SMILES string of the molecule is CCOC(=O)N1CCC(N2C(=O)C(c3cccs3)=C(N3CC(C)CC(C)C3)C2=O)CC1. The van der Waals surface area contributed by atoms with Gasteiger partial charge in [-0.15, -0.1) is 11.3 Å².